The summed E-state index contributed by atoms with van der Waals surface area (Å²) in [5.41, 5.74) is 26.7. The molecule has 0 saturated carbocycles. The van der Waals surface area contributed by atoms with Gasteiger partial charge in [0, 0.05) is 16.2 Å². The van der Waals surface area contributed by atoms with Crippen LogP contribution in [0.3, 0.4) is 0 Å². The van der Waals surface area contributed by atoms with E-state index in [-0.39, 0.29) is 16.2 Å². The predicted octanol–water partition coefficient (Wildman–Crippen LogP) is 17.4. The molecule has 11 rings (SSSR count). The summed E-state index contributed by atoms with van der Waals surface area (Å²) < 4.78 is 0. The van der Waals surface area contributed by atoms with Gasteiger partial charge in [0.05, 0.1) is 0 Å². The lowest BCUT2D eigenvalue weighted by molar-refractivity contribution is 0.490. The minimum atomic E-state index is -0.0406. The van der Waals surface area contributed by atoms with Crippen LogP contribution in [-0.2, 0) is 16.2 Å². The maximum Gasteiger partial charge on any atom is 0.0210 e. The van der Waals surface area contributed by atoms with Crippen molar-refractivity contribution in [1.82, 2.24) is 0 Å². The van der Waals surface area contributed by atoms with Crippen LogP contribution in [0.5, 0.6) is 0 Å². The second-order valence-corrected chi connectivity index (χ2v) is 18.7. The third-order valence-corrected chi connectivity index (χ3v) is 16.7. The van der Waals surface area contributed by atoms with Gasteiger partial charge in [-0.25, -0.2) is 0 Å². The monoisotopic (exact) mass is 802 g/mol. The second kappa shape index (κ2) is 14.3. The predicted molar refractivity (Wildman–Crippen MR) is 265 cm³/mol. The molecule has 306 valence electrons. The highest BCUT2D eigenvalue weighted by Crippen LogP contribution is 2.58. The molecule has 0 nitrogen and oxygen atoms in total. The van der Waals surface area contributed by atoms with Gasteiger partial charge in [-0.2, -0.15) is 0 Å². The smallest absolute Gasteiger partial charge is 0.0210 e. The Morgan fingerprint density at radius 3 is 0.984 bits per heavy atom. The molecule has 3 aliphatic carbocycles. The minimum Gasteiger partial charge on any atom is -0.0642 e. The average molecular weight is 803 g/mol. The van der Waals surface area contributed by atoms with Crippen molar-refractivity contribution in [2.24, 2.45) is 0 Å². The summed E-state index contributed by atoms with van der Waals surface area (Å²) in [4.78, 5) is 0. The molecule has 0 aliphatic heterocycles. The molecule has 0 N–H and O–H groups in total. The van der Waals surface area contributed by atoms with E-state index in [2.05, 4.69) is 200 Å². The van der Waals surface area contributed by atoms with Crippen molar-refractivity contribution in [3.8, 4) is 66.8 Å². The first-order valence-corrected chi connectivity index (χ1v) is 23.6. The van der Waals surface area contributed by atoms with Crippen molar-refractivity contribution in [2.45, 2.75) is 103 Å². The van der Waals surface area contributed by atoms with E-state index in [1.807, 2.05) is 0 Å². The van der Waals surface area contributed by atoms with Crippen molar-refractivity contribution in [3.05, 3.63) is 191 Å². The topological polar surface area (TPSA) is 0 Å². The Kier molecular flexibility index (Phi) is 8.96. The Bertz CT molecular complexity index is 3100. The van der Waals surface area contributed by atoms with Crippen LogP contribution in [0.15, 0.2) is 152 Å². The van der Waals surface area contributed by atoms with Gasteiger partial charge in [-0.15, -0.1) is 0 Å². The largest absolute Gasteiger partial charge is 0.0642 e. The minimum absolute atomic E-state index is 0.0321. The van der Waals surface area contributed by atoms with Gasteiger partial charge >= 0.3 is 0 Å². The number of hydrogen-bond donors (Lipinski definition) is 0. The van der Waals surface area contributed by atoms with Crippen molar-refractivity contribution in [1.29, 1.82) is 0 Å². The van der Waals surface area contributed by atoms with Gasteiger partial charge < -0.3 is 0 Å². The zero-order valence-electron chi connectivity index (χ0n) is 37.7. The molecule has 8 aromatic carbocycles. The number of aryl methyl sites for hydroxylation is 1. The molecule has 0 heterocycles. The third-order valence-electron chi connectivity index (χ3n) is 16.7. The maximum atomic E-state index is 2.56. The maximum absolute atomic E-state index is 2.56. The van der Waals surface area contributed by atoms with Crippen LogP contribution < -0.4 is 0 Å². The van der Waals surface area contributed by atoms with E-state index in [1.54, 1.807) is 0 Å². The quantitative estimate of drug-likeness (QED) is 0.136. The molecule has 3 aliphatic rings. The molecule has 0 atom stereocenters. The summed E-state index contributed by atoms with van der Waals surface area (Å²) >= 11 is 0. The van der Waals surface area contributed by atoms with Crippen LogP contribution in [0.4, 0.5) is 0 Å². The first-order valence-electron chi connectivity index (χ1n) is 23.6. The highest BCUT2D eigenvalue weighted by molar-refractivity contribution is 5.92. The summed E-state index contributed by atoms with van der Waals surface area (Å²) in [6.45, 7) is 16.6. The van der Waals surface area contributed by atoms with Gasteiger partial charge in [-0.05, 0) is 198 Å². The molecule has 62 heavy (non-hydrogen) atoms. The van der Waals surface area contributed by atoms with Crippen LogP contribution in [0.1, 0.15) is 119 Å². The van der Waals surface area contributed by atoms with E-state index >= 15 is 0 Å². The van der Waals surface area contributed by atoms with Crippen LogP contribution in [0, 0.1) is 6.92 Å². The standard InChI is InChI=1S/C62H58/c1-8-60(9-2)54-21-17-16-20-47(54)48-27-22-42(34-55(48)60)43-23-28-49-50-29-24-44(36-57(50)61(10-3,11-4)56(49)35-43)45-25-30-51-52-31-26-46(38-59(52)62(12-5,13-6)58(51)37-45)53-33-41-19-15-14-18-40(41)32-39(53)7/h14-38H,8-13H2,1-7H3. The zero-order chi connectivity index (χ0) is 42.5. The van der Waals surface area contributed by atoms with E-state index < -0.39 is 0 Å². The lowest BCUT2D eigenvalue weighted by Gasteiger charge is -2.31. The molecular weight excluding hydrogens is 745 g/mol. The first kappa shape index (κ1) is 38.9. The Morgan fingerprint density at radius 1 is 0.274 bits per heavy atom. The average Bonchev–Trinajstić information content (AvgIpc) is 3.89. The van der Waals surface area contributed by atoms with Crippen LogP contribution >= 0.6 is 0 Å². The fourth-order valence-corrected chi connectivity index (χ4v) is 13.0. The van der Waals surface area contributed by atoms with Crippen LogP contribution in [0.2, 0.25) is 0 Å². The van der Waals surface area contributed by atoms with Gasteiger partial charge in [-0.1, -0.05) is 157 Å². The molecule has 0 spiro atoms. The van der Waals surface area contributed by atoms with Gasteiger partial charge in [0.2, 0.25) is 0 Å². The highest BCUT2D eigenvalue weighted by Gasteiger charge is 2.44. The number of benzene rings is 8. The SMILES string of the molecule is CCC1(CC)c2ccccc2-c2ccc(-c3ccc4c(c3)C(CC)(CC)c3cc(-c5ccc6c(c5)C(CC)(CC)c5cc(-c7cc8ccccc8cc7C)ccc5-6)ccc3-4)cc21. The first-order chi connectivity index (χ1) is 30.3. The summed E-state index contributed by atoms with van der Waals surface area (Å²) in [6, 6.07) is 59.4. The Balaban J connectivity index is 0.972. The van der Waals surface area contributed by atoms with Gasteiger partial charge in [0.15, 0.2) is 0 Å². The number of fused-ring (bicyclic) bond motifs is 10. The van der Waals surface area contributed by atoms with Crippen molar-refractivity contribution < 1.29 is 0 Å². The molecule has 0 unspecified atom stereocenters. The van der Waals surface area contributed by atoms with E-state index in [0.29, 0.717) is 0 Å². The van der Waals surface area contributed by atoms with E-state index in [4.69, 9.17) is 0 Å². The molecule has 0 fully saturated rings. The highest BCUT2D eigenvalue weighted by atomic mass is 14.5. The Hall–Kier alpha value is -5.98. The molecule has 0 aromatic heterocycles. The summed E-state index contributed by atoms with van der Waals surface area (Å²) in [5, 5.41) is 2.60. The summed E-state index contributed by atoms with van der Waals surface area (Å²) in [6.07, 6.45) is 6.48. The summed E-state index contributed by atoms with van der Waals surface area (Å²) in [5.74, 6) is 0. The van der Waals surface area contributed by atoms with E-state index in [9.17, 15) is 0 Å². The second-order valence-electron chi connectivity index (χ2n) is 18.7. The van der Waals surface area contributed by atoms with Crippen LogP contribution in [-0.4, -0.2) is 0 Å². The lowest BCUT2D eigenvalue weighted by Crippen LogP contribution is -2.23. The van der Waals surface area contributed by atoms with E-state index in [1.165, 1.54) is 116 Å². The molecule has 0 saturated heterocycles. The van der Waals surface area contributed by atoms with Crippen molar-refractivity contribution in [3.63, 3.8) is 0 Å². The molecule has 0 heteroatoms. The molecular formula is C62H58. The van der Waals surface area contributed by atoms with Crippen molar-refractivity contribution in [2.75, 3.05) is 0 Å². The number of hydrogen-bond acceptors (Lipinski definition) is 0. The zero-order valence-corrected chi connectivity index (χ0v) is 37.7. The Morgan fingerprint density at radius 2 is 0.581 bits per heavy atom. The van der Waals surface area contributed by atoms with Gasteiger partial charge in [-0.3, -0.25) is 0 Å². The van der Waals surface area contributed by atoms with Crippen molar-refractivity contribution >= 4 is 10.8 Å². The lowest BCUT2D eigenvalue weighted by atomic mass is 9.72. The normalized spacial score (nSPS) is 15.5. The fraction of sp³-hybridized carbons (Fsp3) is 0.258. The van der Waals surface area contributed by atoms with E-state index in [0.717, 1.165) is 38.5 Å². The fourth-order valence-electron chi connectivity index (χ4n) is 13.0. The summed E-state index contributed by atoms with van der Waals surface area (Å²) in [7, 11) is 0. The van der Waals surface area contributed by atoms with Gasteiger partial charge in [0.1, 0.15) is 0 Å². The molecule has 0 radical (unpaired) electrons. The molecule has 0 amide bonds. The third kappa shape index (κ3) is 5.19. The molecule has 8 aromatic rings. The molecule has 0 bridgehead atoms. The van der Waals surface area contributed by atoms with Gasteiger partial charge in [0.25, 0.3) is 0 Å². The van der Waals surface area contributed by atoms with Crippen LogP contribution in [0.25, 0.3) is 77.5 Å². The number of rotatable bonds is 9. The Labute approximate surface area is 369 Å².